The number of hydrogen-bond donors (Lipinski definition) is 1. The van der Waals surface area contributed by atoms with Crippen molar-refractivity contribution in [1.29, 1.82) is 0 Å². The number of H-pyrrole nitrogens is 1. The Morgan fingerprint density at radius 1 is 1.05 bits per heavy atom. The fourth-order valence-corrected chi connectivity index (χ4v) is 2.29. The van der Waals surface area contributed by atoms with E-state index < -0.39 is 0 Å². The molecule has 0 amide bonds. The third-order valence-electron chi connectivity index (χ3n) is 3.19. The number of aromatic nitrogens is 1. The maximum atomic E-state index is 5.10. The van der Waals surface area contributed by atoms with E-state index in [-0.39, 0.29) is 0 Å². The smallest absolute Gasteiger partial charge is 0.114 e. The number of oxime groups is 1. The molecule has 100 valence electrons. The summed E-state index contributed by atoms with van der Waals surface area (Å²) in [5.74, 6) is 0. The van der Waals surface area contributed by atoms with Gasteiger partial charge in [-0.3, -0.25) is 0 Å². The fourth-order valence-electron chi connectivity index (χ4n) is 2.29. The molecule has 0 aliphatic heterocycles. The van der Waals surface area contributed by atoms with Crippen molar-refractivity contribution >= 4 is 17.1 Å². The standard InChI is InChI=1S/C17H16N2O/c1-2-20-18-12-15-14-10-6-7-11-16(14)19-17(15)13-8-4-3-5-9-13/h3-12,19H,2H2,1H3. The zero-order valence-corrected chi connectivity index (χ0v) is 11.3. The van der Waals surface area contributed by atoms with Gasteiger partial charge in [0, 0.05) is 16.5 Å². The number of hydrogen-bond acceptors (Lipinski definition) is 2. The van der Waals surface area contributed by atoms with Crippen LogP contribution in [-0.4, -0.2) is 17.8 Å². The molecule has 1 N–H and O–H groups in total. The number of benzene rings is 2. The molecule has 0 aliphatic rings. The van der Waals surface area contributed by atoms with Crippen molar-refractivity contribution in [2.24, 2.45) is 5.16 Å². The first-order chi connectivity index (χ1) is 9.90. The highest BCUT2D eigenvalue weighted by Crippen LogP contribution is 2.28. The Hall–Kier alpha value is -2.55. The van der Waals surface area contributed by atoms with Crippen molar-refractivity contribution in [3.8, 4) is 11.3 Å². The molecule has 0 unspecified atom stereocenters. The van der Waals surface area contributed by atoms with E-state index in [1.54, 1.807) is 6.21 Å². The summed E-state index contributed by atoms with van der Waals surface area (Å²) in [6.45, 7) is 2.49. The van der Waals surface area contributed by atoms with Crippen molar-refractivity contribution < 1.29 is 4.84 Å². The van der Waals surface area contributed by atoms with E-state index in [4.69, 9.17) is 4.84 Å². The molecule has 0 fully saturated rings. The van der Waals surface area contributed by atoms with Gasteiger partial charge in [0.25, 0.3) is 0 Å². The number of para-hydroxylation sites is 1. The zero-order chi connectivity index (χ0) is 13.8. The number of rotatable bonds is 4. The predicted molar refractivity (Wildman–Crippen MR) is 83.0 cm³/mol. The maximum Gasteiger partial charge on any atom is 0.114 e. The van der Waals surface area contributed by atoms with Crippen LogP contribution in [0.2, 0.25) is 0 Å². The molecule has 3 rings (SSSR count). The van der Waals surface area contributed by atoms with Crippen molar-refractivity contribution in [2.45, 2.75) is 6.92 Å². The molecule has 0 saturated heterocycles. The molecule has 20 heavy (non-hydrogen) atoms. The molecule has 3 nitrogen and oxygen atoms in total. The second-order valence-corrected chi connectivity index (χ2v) is 4.48. The molecule has 0 bridgehead atoms. The van der Waals surface area contributed by atoms with Gasteiger partial charge < -0.3 is 9.82 Å². The van der Waals surface area contributed by atoms with Crippen LogP contribution in [0, 0.1) is 0 Å². The van der Waals surface area contributed by atoms with Crippen LogP contribution in [0.15, 0.2) is 59.8 Å². The van der Waals surface area contributed by atoms with Gasteiger partial charge in [-0.05, 0) is 18.6 Å². The molecule has 0 atom stereocenters. The summed E-state index contributed by atoms with van der Waals surface area (Å²) in [5, 5.41) is 5.17. The highest BCUT2D eigenvalue weighted by molar-refractivity contribution is 6.05. The summed E-state index contributed by atoms with van der Waals surface area (Å²) in [4.78, 5) is 8.56. The summed E-state index contributed by atoms with van der Waals surface area (Å²) in [5.41, 5.74) is 4.36. The molecule has 1 aromatic heterocycles. The van der Waals surface area contributed by atoms with E-state index in [0.717, 1.165) is 27.7 Å². The Balaban J connectivity index is 2.17. The second kappa shape index (κ2) is 5.61. The van der Waals surface area contributed by atoms with Gasteiger partial charge in [0.1, 0.15) is 6.61 Å². The molecular weight excluding hydrogens is 248 g/mol. The number of aromatic amines is 1. The van der Waals surface area contributed by atoms with Crippen LogP contribution in [0.4, 0.5) is 0 Å². The average molecular weight is 264 g/mol. The van der Waals surface area contributed by atoms with Crippen molar-refractivity contribution in [2.75, 3.05) is 6.61 Å². The minimum absolute atomic E-state index is 0.569. The van der Waals surface area contributed by atoms with Crippen LogP contribution in [0.25, 0.3) is 22.2 Å². The third-order valence-corrected chi connectivity index (χ3v) is 3.19. The SMILES string of the molecule is CCON=Cc1c(-c2ccccc2)[nH]c2ccccc12. The van der Waals surface area contributed by atoms with Gasteiger partial charge in [-0.1, -0.05) is 53.7 Å². The third kappa shape index (κ3) is 2.30. The van der Waals surface area contributed by atoms with Crippen LogP contribution in [0.1, 0.15) is 12.5 Å². The zero-order valence-electron chi connectivity index (χ0n) is 11.3. The Labute approximate surface area is 117 Å². The topological polar surface area (TPSA) is 37.4 Å². The van der Waals surface area contributed by atoms with Gasteiger partial charge in [0.15, 0.2) is 0 Å². The van der Waals surface area contributed by atoms with Gasteiger partial charge in [-0.25, -0.2) is 0 Å². The average Bonchev–Trinajstić information content (AvgIpc) is 2.87. The molecule has 3 heteroatoms. The van der Waals surface area contributed by atoms with Crippen LogP contribution < -0.4 is 0 Å². The molecule has 3 aromatic rings. The van der Waals surface area contributed by atoms with E-state index in [1.807, 2.05) is 37.3 Å². The lowest BCUT2D eigenvalue weighted by Gasteiger charge is -2.00. The van der Waals surface area contributed by atoms with Crippen molar-refractivity contribution in [1.82, 2.24) is 4.98 Å². The Bertz CT molecular complexity index is 729. The van der Waals surface area contributed by atoms with E-state index >= 15 is 0 Å². The summed E-state index contributed by atoms with van der Waals surface area (Å²) in [7, 11) is 0. The minimum Gasteiger partial charge on any atom is -0.396 e. The van der Waals surface area contributed by atoms with E-state index in [1.165, 1.54) is 0 Å². The molecule has 0 spiro atoms. The van der Waals surface area contributed by atoms with E-state index in [0.29, 0.717) is 6.61 Å². The normalized spacial score (nSPS) is 11.2. The van der Waals surface area contributed by atoms with Crippen LogP contribution in [-0.2, 0) is 4.84 Å². The lowest BCUT2D eigenvalue weighted by Crippen LogP contribution is -1.87. The predicted octanol–water partition coefficient (Wildman–Crippen LogP) is 4.21. The Morgan fingerprint density at radius 2 is 1.80 bits per heavy atom. The molecule has 1 heterocycles. The monoisotopic (exact) mass is 264 g/mol. The number of nitrogens with zero attached hydrogens (tertiary/aromatic N) is 1. The molecule has 0 aliphatic carbocycles. The van der Waals surface area contributed by atoms with Crippen LogP contribution >= 0.6 is 0 Å². The lowest BCUT2D eigenvalue weighted by atomic mass is 10.1. The second-order valence-electron chi connectivity index (χ2n) is 4.48. The largest absolute Gasteiger partial charge is 0.396 e. The Kier molecular flexibility index (Phi) is 3.50. The lowest BCUT2D eigenvalue weighted by molar-refractivity contribution is 0.160. The molecule has 0 saturated carbocycles. The highest BCUT2D eigenvalue weighted by atomic mass is 16.6. The van der Waals surface area contributed by atoms with Crippen LogP contribution in [0.5, 0.6) is 0 Å². The summed E-state index contributed by atoms with van der Waals surface area (Å²) in [6.07, 6.45) is 1.78. The van der Waals surface area contributed by atoms with Gasteiger partial charge in [-0.2, -0.15) is 0 Å². The molecule has 0 radical (unpaired) electrons. The van der Waals surface area contributed by atoms with Crippen molar-refractivity contribution in [3.05, 3.63) is 60.2 Å². The number of nitrogens with one attached hydrogen (secondary N) is 1. The minimum atomic E-state index is 0.569. The molecular formula is C17H16N2O. The molecule has 2 aromatic carbocycles. The van der Waals surface area contributed by atoms with Gasteiger partial charge in [0.05, 0.1) is 11.9 Å². The first-order valence-corrected chi connectivity index (χ1v) is 6.71. The van der Waals surface area contributed by atoms with Gasteiger partial charge in [0.2, 0.25) is 0 Å². The summed E-state index contributed by atoms with van der Waals surface area (Å²) < 4.78 is 0. The van der Waals surface area contributed by atoms with Crippen LogP contribution in [0.3, 0.4) is 0 Å². The van der Waals surface area contributed by atoms with E-state index in [2.05, 4.69) is 34.4 Å². The highest BCUT2D eigenvalue weighted by Gasteiger charge is 2.10. The van der Waals surface area contributed by atoms with Crippen molar-refractivity contribution in [3.63, 3.8) is 0 Å². The maximum absolute atomic E-state index is 5.10. The van der Waals surface area contributed by atoms with E-state index in [9.17, 15) is 0 Å². The fraction of sp³-hybridized carbons (Fsp3) is 0.118. The van der Waals surface area contributed by atoms with Gasteiger partial charge >= 0.3 is 0 Å². The van der Waals surface area contributed by atoms with Gasteiger partial charge in [-0.15, -0.1) is 0 Å². The first-order valence-electron chi connectivity index (χ1n) is 6.71. The Morgan fingerprint density at radius 3 is 2.60 bits per heavy atom. The first kappa shape index (κ1) is 12.5. The summed E-state index contributed by atoms with van der Waals surface area (Å²) in [6, 6.07) is 18.5. The number of fused-ring (bicyclic) bond motifs is 1. The summed E-state index contributed by atoms with van der Waals surface area (Å²) >= 11 is 0. The quantitative estimate of drug-likeness (QED) is 0.556.